The molecule has 1 amide bonds. The van der Waals surface area contributed by atoms with Gasteiger partial charge in [-0.15, -0.1) is 0 Å². The number of benzene rings is 1. The first-order valence-electron chi connectivity index (χ1n) is 6.83. The minimum atomic E-state index is -0.457. The minimum absolute atomic E-state index is 0.102. The van der Waals surface area contributed by atoms with Crippen molar-refractivity contribution < 1.29 is 13.9 Å². The first-order chi connectivity index (χ1) is 9.75. The zero-order chi connectivity index (χ0) is 14.2. The number of halogens is 1. The Morgan fingerprint density at radius 2 is 2.10 bits per heavy atom. The molecule has 0 bridgehead atoms. The third-order valence-corrected chi connectivity index (χ3v) is 3.16. The lowest BCUT2D eigenvalue weighted by Gasteiger charge is -2.27. The van der Waals surface area contributed by atoms with Crippen molar-refractivity contribution in [3.8, 4) is 5.75 Å². The van der Waals surface area contributed by atoms with Gasteiger partial charge in [-0.05, 0) is 12.1 Å². The molecule has 0 saturated carbocycles. The summed E-state index contributed by atoms with van der Waals surface area (Å²) in [6.07, 6.45) is 0. The van der Waals surface area contributed by atoms with E-state index in [1.54, 1.807) is 12.1 Å². The van der Waals surface area contributed by atoms with Gasteiger partial charge in [0.2, 0.25) is 0 Å². The van der Waals surface area contributed by atoms with Crippen molar-refractivity contribution in [1.82, 2.24) is 15.5 Å². The van der Waals surface area contributed by atoms with Crippen LogP contribution in [0, 0.1) is 5.82 Å². The summed E-state index contributed by atoms with van der Waals surface area (Å²) in [5.41, 5.74) is 0. The first-order valence-corrected chi connectivity index (χ1v) is 6.83. The second-order valence-corrected chi connectivity index (χ2v) is 4.66. The normalized spacial score (nSPS) is 15.8. The monoisotopic (exact) mass is 281 g/mol. The number of carbonyl (C=O) groups excluding carboxylic acids is 1. The molecular weight excluding hydrogens is 261 g/mol. The fourth-order valence-electron chi connectivity index (χ4n) is 2.04. The number of ether oxygens (including phenoxy) is 1. The molecule has 1 heterocycles. The highest BCUT2D eigenvalue weighted by molar-refractivity contribution is 5.77. The number of amides is 1. The van der Waals surface area contributed by atoms with Crippen molar-refractivity contribution in [3.63, 3.8) is 0 Å². The van der Waals surface area contributed by atoms with E-state index >= 15 is 0 Å². The maximum atomic E-state index is 13.3. The molecule has 1 aliphatic heterocycles. The lowest BCUT2D eigenvalue weighted by atomic mass is 10.3. The third-order valence-electron chi connectivity index (χ3n) is 3.16. The van der Waals surface area contributed by atoms with Crippen molar-refractivity contribution in [2.75, 3.05) is 45.9 Å². The largest absolute Gasteiger partial charge is 0.481 e. The van der Waals surface area contributed by atoms with Gasteiger partial charge >= 0.3 is 0 Å². The van der Waals surface area contributed by atoms with Crippen molar-refractivity contribution in [1.29, 1.82) is 0 Å². The van der Waals surface area contributed by atoms with Crippen LogP contribution in [0.15, 0.2) is 24.3 Å². The molecule has 1 aromatic rings. The predicted molar refractivity (Wildman–Crippen MR) is 74.2 cm³/mol. The molecule has 0 atom stereocenters. The number of hydrogen-bond acceptors (Lipinski definition) is 4. The maximum absolute atomic E-state index is 13.3. The number of para-hydroxylation sites is 1. The average molecular weight is 281 g/mol. The minimum Gasteiger partial charge on any atom is -0.481 e. The number of rotatable bonds is 6. The molecule has 1 saturated heterocycles. The molecular formula is C14H20FN3O2. The Morgan fingerprint density at radius 1 is 1.35 bits per heavy atom. The van der Waals surface area contributed by atoms with Crippen LogP contribution in [0.25, 0.3) is 0 Å². The second-order valence-electron chi connectivity index (χ2n) is 4.66. The number of nitrogens with zero attached hydrogens (tertiary/aromatic N) is 1. The van der Waals surface area contributed by atoms with Gasteiger partial charge in [-0.2, -0.15) is 0 Å². The molecule has 1 aliphatic rings. The summed E-state index contributed by atoms with van der Waals surface area (Å²) in [5, 5.41) is 6.04. The summed E-state index contributed by atoms with van der Waals surface area (Å²) >= 11 is 0. The topological polar surface area (TPSA) is 53.6 Å². The zero-order valence-electron chi connectivity index (χ0n) is 11.4. The summed E-state index contributed by atoms with van der Waals surface area (Å²) in [7, 11) is 0. The highest BCUT2D eigenvalue weighted by Gasteiger charge is 2.10. The number of nitrogens with one attached hydrogen (secondary N) is 2. The maximum Gasteiger partial charge on any atom is 0.257 e. The van der Waals surface area contributed by atoms with Gasteiger partial charge in [-0.3, -0.25) is 9.69 Å². The van der Waals surface area contributed by atoms with Crippen molar-refractivity contribution in [2.24, 2.45) is 0 Å². The van der Waals surface area contributed by atoms with Gasteiger partial charge in [0.05, 0.1) is 0 Å². The molecule has 2 N–H and O–H groups in total. The molecule has 20 heavy (non-hydrogen) atoms. The molecule has 6 heteroatoms. The van der Waals surface area contributed by atoms with E-state index in [1.165, 1.54) is 12.1 Å². The van der Waals surface area contributed by atoms with Gasteiger partial charge in [-0.1, -0.05) is 12.1 Å². The lowest BCUT2D eigenvalue weighted by molar-refractivity contribution is -0.123. The standard InChI is InChI=1S/C14H20FN3O2/c15-12-3-1-2-4-13(12)20-11-14(19)17-7-10-18-8-5-16-6-9-18/h1-4,16H,5-11H2,(H,17,19). The van der Waals surface area contributed by atoms with Gasteiger partial charge in [0, 0.05) is 39.3 Å². The summed E-state index contributed by atoms with van der Waals surface area (Å²) in [6, 6.07) is 6.05. The van der Waals surface area contributed by atoms with Crippen LogP contribution < -0.4 is 15.4 Å². The smallest absolute Gasteiger partial charge is 0.257 e. The Bertz CT molecular complexity index is 436. The van der Waals surface area contributed by atoms with Crippen LogP contribution in [0.5, 0.6) is 5.75 Å². The van der Waals surface area contributed by atoms with Crippen molar-refractivity contribution >= 4 is 5.91 Å². The van der Waals surface area contributed by atoms with Gasteiger partial charge in [0.25, 0.3) is 5.91 Å². The van der Waals surface area contributed by atoms with Crippen LogP contribution in [0.3, 0.4) is 0 Å². The molecule has 0 aliphatic carbocycles. The first kappa shape index (κ1) is 14.7. The molecule has 1 aromatic carbocycles. The Morgan fingerprint density at radius 3 is 2.85 bits per heavy atom. The number of hydrogen-bond donors (Lipinski definition) is 2. The highest BCUT2D eigenvalue weighted by atomic mass is 19.1. The van der Waals surface area contributed by atoms with Crippen LogP contribution >= 0.6 is 0 Å². The van der Waals surface area contributed by atoms with E-state index in [0.29, 0.717) is 6.54 Å². The van der Waals surface area contributed by atoms with Crippen LogP contribution in [-0.2, 0) is 4.79 Å². The van der Waals surface area contributed by atoms with Crippen LogP contribution in [0.4, 0.5) is 4.39 Å². The summed E-state index contributed by atoms with van der Waals surface area (Å²) in [6.45, 7) is 5.23. The number of carbonyl (C=O) groups is 1. The van der Waals surface area contributed by atoms with Crippen LogP contribution in [0.2, 0.25) is 0 Å². The van der Waals surface area contributed by atoms with E-state index in [2.05, 4.69) is 15.5 Å². The average Bonchev–Trinajstić information content (AvgIpc) is 2.47. The summed E-state index contributed by atoms with van der Waals surface area (Å²) < 4.78 is 18.4. The van der Waals surface area contributed by atoms with Gasteiger partial charge in [-0.25, -0.2) is 4.39 Å². The summed E-state index contributed by atoms with van der Waals surface area (Å²) in [4.78, 5) is 13.9. The molecule has 1 fully saturated rings. The van der Waals surface area contributed by atoms with E-state index in [4.69, 9.17) is 4.74 Å². The molecule has 110 valence electrons. The quantitative estimate of drug-likeness (QED) is 0.783. The van der Waals surface area contributed by atoms with Crippen LogP contribution in [0.1, 0.15) is 0 Å². The molecule has 0 radical (unpaired) electrons. The Kier molecular flexibility index (Phi) is 5.76. The Hall–Kier alpha value is -1.66. The Balaban J connectivity index is 1.62. The SMILES string of the molecule is O=C(COc1ccccc1F)NCCN1CCNCC1. The van der Waals surface area contributed by atoms with Crippen molar-refractivity contribution in [2.45, 2.75) is 0 Å². The van der Waals surface area contributed by atoms with Crippen molar-refractivity contribution in [3.05, 3.63) is 30.1 Å². The molecule has 2 rings (SSSR count). The molecule has 0 aromatic heterocycles. The molecule has 5 nitrogen and oxygen atoms in total. The molecule has 0 spiro atoms. The van der Waals surface area contributed by atoms with E-state index in [-0.39, 0.29) is 18.3 Å². The fraction of sp³-hybridized carbons (Fsp3) is 0.500. The highest BCUT2D eigenvalue weighted by Crippen LogP contribution is 2.14. The van der Waals surface area contributed by atoms with Gasteiger partial charge in [0.1, 0.15) is 0 Å². The lowest BCUT2D eigenvalue weighted by Crippen LogP contribution is -2.46. The fourth-order valence-corrected chi connectivity index (χ4v) is 2.04. The van der Waals surface area contributed by atoms with E-state index in [9.17, 15) is 9.18 Å². The van der Waals surface area contributed by atoms with E-state index in [0.717, 1.165) is 32.7 Å². The summed E-state index contributed by atoms with van der Waals surface area (Å²) in [5.74, 6) is -0.589. The van der Waals surface area contributed by atoms with E-state index in [1.807, 2.05) is 0 Å². The third kappa shape index (κ3) is 4.79. The van der Waals surface area contributed by atoms with E-state index < -0.39 is 5.82 Å². The van der Waals surface area contributed by atoms with Gasteiger partial charge < -0.3 is 15.4 Å². The molecule has 0 unspecified atom stereocenters. The zero-order valence-corrected chi connectivity index (χ0v) is 11.4. The van der Waals surface area contributed by atoms with Gasteiger partial charge in [0.15, 0.2) is 18.2 Å². The second kappa shape index (κ2) is 7.81. The van der Waals surface area contributed by atoms with Crippen LogP contribution in [-0.4, -0.2) is 56.7 Å². The predicted octanol–water partition coefficient (Wildman–Crippen LogP) is 0.226. The Labute approximate surface area is 118 Å². The number of piperazine rings is 1.